The molecule has 0 aliphatic carbocycles. The van der Waals surface area contributed by atoms with Gasteiger partial charge in [-0.05, 0) is 33.5 Å². The van der Waals surface area contributed by atoms with E-state index in [9.17, 15) is 13.3 Å². The Hall–Kier alpha value is 0.187. The third kappa shape index (κ3) is 5.57. The zero-order valence-electron chi connectivity index (χ0n) is 11.0. The Balaban J connectivity index is 4.77. The Morgan fingerprint density at radius 1 is 1.18 bits per heavy atom. The van der Waals surface area contributed by atoms with Gasteiger partial charge in [-0.1, -0.05) is 0 Å². The van der Waals surface area contributed by atoms with E-state index in [4.69, 9.17) is 4.43 Å². The van der Waals surface area contributed by atoms with Crippen molar-refractivity contribution in [3.63, 3.8) is 0 Å². The molecule has 17 heavy (non-hydrogen) atoms. The van der Waals surface area contributed by atoms with Crippen LogP contribution in [0.25, 0.3) is 0 Å². The molecule has 0 unspecified atom stereocenters. The molecule has 0 aromatic rings. The Morgan fingerprint density at radius 2 is 1.59 bits per heavy atom. The van der Waals surface area contributed by atoms with Crippen LogP contribution in [0.3, 0.4) is 0 Å². The molecule has 0 spiro atoms. The zero-order valence-corrected chi connectivity index (χ0v) is 12.9. The summed E-state index contributed by atoms with van der Waals surface area (Å²) < 4.78 is 53.7. The summed E-state index contributed by atoms with van der Waals surface area (Å²) in [4.78, 5) is 0. The van der Waals surface area contributed by atoms with Gasteiger partial charge in [0.2, 0.25) is 0 Å². The van der Waals surface area contributed by atoms with E-state index in [1.54, 1.807) is 19.6 Å². The molecule has 104 valence electrons. The monoisotopic (exact) mass is 292 g/mol. The third-order valence-corrected chi connectivity index (χ3v) is 4.81. The average Bonchev–Trinajstić information content (AvgIpc) is 2.14. The van der Waals surface area contributed by atoms with E-state index < -0.39 is 28.2 Å². The molecular weight excluding hydrogens is 271 g/mol. The molecule has 8 heteroatoms. The van der Waals surface area contributed by atoms with Gasteiger partial charge in [-0.15, -0.1) is 0 Å². The molecule has 0 N–H and O–H groups in total. The maximum absolute atomic E-state index is 13.8. The van der Waals surface area contributed by atoms with Gasteiger partial charge >= 0.3 is 13.3 Å². The Morgan fingerprint density at radius 3 is 1.88 bits per heavy atom. The second kappa shape index (κ2) is 6.38. The summed E-state index contributed by atoms with van der Waals surface area (Å²) in [6.07, 6.45) is 0. The van der Waals surface area contributed by atoms with Gasteiger partial charge in [0.15, 0.2) is 8.32 Å². The summed E-state index contributed by atoms with van der Waals surface area (Å²) in [5.41, 5.74) is -3.61. The van der Waals surface area contributed by atoms with Crippen LogP contribution in [0, 0.1) is 0 Å². The van der Waals surface area contributed by atoms with Gasteiger partial charge in [-0.2, -0.15) is 8.78 Å². The van der Waals surface area contributed by atoms with Crippen LogP contribution in [0.2, 0.25) is 19.6 Å². The van der Waals surface area contributed by atoms with E-state index in [1.807, 2.05) is 0 Å². The van der Waals surface area contributed by atoms with Crippen LogP contribution >= 0.6 is 7.60 Å². The fourth-order valence-corrected chi connectivity index (χ4v) is 3.04. The Bertz CT molecular complexity index is 271. The maximum atomic E-state index is 13.8. The van der Waals surface area contributed by atoms with Gasteiger partial charge in [-0.3, -0.25) is 4.57 Å². The summed E-state index contributed by atoms with van der Waals surface area (Å²) >= 11 is 0. The van der Waals surface area contributed by atoms with Crippen molar-refractivity contribution in [2.24, 2.45) is 0 Å². The molecule has 0 atom stereocenters. The predicted octanol–water partition coefficient (Wildman–Crippen LogP) is 3.70. The molecule has 0 aromatic carbocycles. The lowest BCUT2D eigenvalue weighted by atomic mass is 10.9. The number of rotatable bonds is 8. The lowest BCUT2D eigenvalue weighted by Gasteiger charge is -2.28. The number of hydrogen-bond acceptors (Lipinski definition) is 4. The normalized spacial score (nSPS) is 14.1. The van der Waals surface area contributed by atoms with Crippen molar-refractivity contribution in [1.29, 1.82) is 0 Å². The highest BCUT2D eigenvalue weighted by molar-refractivity contribution is 7.55. The number of alkyl halides is 2. The molecule has 0 rings (SSSR count). The van der Waals surface area contributed by atoms with Crippen LogP contribution < -0.4 is 0 Å². The van der Waals surface area contributed by atoms with Crippen molar-refractivity contribution in [2.75, 3.05) is 19.8 Å². The van der Waals surface area contributed by atoms with Gasteiger partial charge in [0, 0.05) is 0 Å². The molecule has 0 heterocycles. The summed E-state index contributed by atoms with van der Waals surface area (Å²) in [6, 6.07) is 0. The first-order chi connectivity index (χ1) is 7.58. The molecule has 0 aromatic heterocycles. The fourth-order valence-electron chi connectivity index (χ4n) is 0.948. The van der Waals surface area contributed by atoms with Crippen molar-refractivity contribution in [1.82, 2.24) is 0 Å². The molecule has 0 aliphatic heterocycles. The Kier molecular flexibility index (Phi) is 6.45. The van der Waals surface area contributed by atoms with Crippen LogP contribution in [0.5, 0.6) is 0 Å². The molecule has 0 aliphatic rings. The van der Waals surface area contributed by atoms with Crippen LogP contribution in [0.4, 0.5) is 8.78 Å². The predicted molar refractivity (Wildman–Crippen MR) is 65.1 cm³/mol. The Labute approximate surface area is 102 Å². The van der Waals surface area contributed by atoms with E-state index in [0.717, 1.165) is 0 Å². The second-order valence-corrected chi connectivity index (χ2v) is 11.1. The van der Waals surface area contributed by atoms with Gasteiger partial charge in [0.25, 0.3) is 0 Å². The first-order valence-electron chi connectivity index (χ1n) is 5.49. The van der Waals surface area contributed by atoms with Crippen LogP contribution in [-0.4, -0.2) is 33.8 Å². The zero-order chi connectivity index (χ0) is 13.7. The summed E-state index contributed by atoms with van der Waals surface area (Å²) in [6.45, 7) is 7.17. The van der Waals surface area contributed by atoms with E-state index in [-0.39, 0.29) is 13.2 Å². The molecule has 0 amide bonds. The van der Waals surface area contributed by atoms with Crippen LogP contribution in [0.1, 0.15) is 13.8 Å². The highest BCUT2D eigenvalue weighted by Gasteiger charge is 2.54. The van der Waals surface area contributed by atoms with Gasteiger partial charge < -0.3 is 13.5 Å². The van der Waals surface area contributed by atoms with Gasteiger partial charge in [-0.25, -0.2) is 0 Å². The minimum atomic E-state index is -4.44. The molecule has 0 saturated heterocycles. The van der Waals surface area contributed by atoms with E-state index in [0.29, 0.717) is 0 Å². The lowest BCUT2D eigenvalue weighted by molar-refractivity contribution is -0.00246. The molecular formula is C9H21F2O4PSi. The standard InChI is InChI=1S/C9H21F2O4PSi/c1-6-13-16(12,14-7-2)9(10,11)8-15-17(3,4)5/h6-8H2,1-5H3/i8+2. The van der Waals surface area contributed by atoms with Gasteiger partial charge in [0.1, 0.15) is 6.61 Å². The van der Waals surface area contributed by atoms with E-state index >= 15 is 0 Å². The number of hydrogen-bond donors (Lipinski definition) is 0. The summed E-state index contributed by atoms with van der Waals surface area (Å²) in [7, 11) is -6.55. The molecule has 0 radical (unpaired) electrons. The highest BCUT2D eigenvalue weighted by atomic mass is 31.2. The van der Waals surface area contributed by atoms with Crippen molar-refractivity contribution >= 4 is 15.9 Å². The minimum Gasteiger partial charge on any atom is -0.411 e. The summed E-state index contributed by atoms with van der Waals surface area (Å²) in [5, 5.41) is 0. The van der Waals surface area contributed by atoms with Crippen LogP contribution in [0.15, 0.2) is 0 Å². The molecule has 0 fully saturated rings. The fraction of sp³-hybridized carbons (Fsp3) is 1.00. The molecule has 0 saturated carbocycles. The SMILES string of the molecule is CCOP(=O)(OCC)C(F)(F)[14CH2]O[Si](C)(C)C. The molecule has 4 nitrogen and oxygen atoms in total. The van der Waals surface area contributed by atoms with Crippen molar-refractivity contribution < 1.29 is 26.8 Å². The van der Waals surface area contributed by atoms with Crippen molar-refractivity contribution in [3.05, 3.63) is 0 Å². The highest BCUT2D eigenvalue weighted by Crippen LogP contribution is 2.61. The number of halogens is 2. The van der Waals surface area contributed by atoms with Crippen molar-refractivity contribution in [3.8, 4) is 0 Å². The van der Waals surface area contributed by atoms with E-state index in [2.05, 4.69) is 9.05 Å². The summed E-state index contributed by atoms with van der Waals surface area (Å²) in [5.74, 6) is 0. The minimum absolute atomic E-state index is 0.0974. The smallest absolute Gasteiger partial charge is 0.402 e. The average molecular weight is 292 g/mol. The van der Waals surface area contributed by atoms with Gasteiger partial charge in [0.05, 0.1) is 13.2 Å². The molecule has 0 bridgehead atoms. The second-order valence-electron chi connectivity index (χ2n) is 4.40. The quantitative estimate of drug-likeness (QED) is 0.505. The topological polar surface area (TPSA) is 44.8 Å². The van der Waals surface area contributed by atoms with Crippen molar-refractivity contribution in [2.45, 2.75) is 39.2 Å². The van der Waals surface area contributed by atoms with Crippen LogP contribution in [-0.2, 0) is 18.0 Å². The third-order valence-electron chi connectivity index (χ3n) is 1.68. The maximum Gasteiger partial charge on any atom is 0.402 e. The first-order valence-corrected chi connectivity index (χ1v) is 10.4. The van der Waals surface area contributed by atoms with E-state index in [1.165, 1.54) is 13.8 Å². The first kappa shape index (κ1) is 17.2. The lowest BCUT2D eigenvalue weighted by Crippen LogP contribution is -2.34. The largest absolute Gasteiger partial charge is 0.411 e.